The summed E-state index contributed by atoms with van der Waals surface area (Å²) >= 11 is 3.02. The van der Waals surface area contributed by atoms with Crippen LogP contribution < -0.4 is 5.32 Å². The minimum Gasteiger partial charge on any atom is -0.480 e. The van der Waals surface area contributed by atoms with E-state index in [1.807, 2.05) is 26.2 Å². The highest BCUT2D eigenvalue weighted by Gasteiger charge is 2.20. The molecule has 2 N–H and O–H groups in total. The molecule has 1 rings (SSSR count). The van der Waals surface area contributed by atoms with Crippen molar-refractivity contribution in [3.8, 4) is 0 Å². The molecule has 112 valence electrons. The number of carboxylic acid groups (broad SMARTS) is 1. The lowest BCUT2D eigenvalue weighted by atomic mass is 10.0. The number of carbonyl (C=O) groups excluding carboxylic acids is 1. The van der Waals surface area contributed by atoms with Crippen molar-refractivity contribution in [2.45, 2.75) is 39.0 Å². The molecule has 1 heterocycles. The summed E-state index contributed by atoms with van der Waals surface area (Å²) < 4.78 is 0. The summed E-state index contributed by atoms with van der Waals surface area (Å²) in [6.45, 7) is 5.80. The monoisotopic (exact) mass is 316 g/mol. The molecule has 0 fully saturated rings. The first kappa shape index (κ1) is 17.0. The first-order valence-electron chi connectivity index (χ1n) is 6.39. The molecule has 0 saturated carbocycles. The van der Waals surface area contributed by atoms with E-state index in [1.165, 1.54) is 11.8 Å². The predicted molar refractivity (Wildman–Crippen MR) is 82.0 cm³/mol. The van der Waals surface area contributed by atoms with Crippen LogP contribution in [0.15, 0.2) is 5.38 Å². The van der Waals surface area contributed by atoms with Crippen LogP contribution in [0.3, 0.4) is 0 Å². The van der Waals surface area contributed by atoms with E-state index in [-0.39, 0.29) is 17.6 Å². The Morgan fingerprint density at radius 2 is 2.20 bits per heavy atom. The first-order valence-corrected chi connectivity index (χ1v) is 8.42. The molecule has 20 heavy (non-hydrogen) atoms. The lowest BCUT2D eigenvalue weighted by Gasteiger charge is -2.16. The van der Waals surface area contributed by atoms with Crippen LogP contribution in [0.2, 0.25) is 0 Å². The fourth-order valence-electron chi connectivity index (χ4n) is 1.65. The lowest BCUT2D eigenvalue weighted by Crippen LogP contribution is -2.42. The Kier molecular flexibility index (Phi) is 7.01. The third kappa shape index (κ3) is 6.38. The molecule has 0 spiro atoms. The number of carboxylic acids is 1. The summed E-state index contributed by atoms with van der Waals surface area (Å²) in [6, 6.07) is -0.801. The zero-order valence-electron chi connectivity index (χ0n) is 11.9. The smallest absolute Gasteiger partial charge is 0.326 e. The van der Waals surface area contributed by atoms with Crippen LogP contribution in [0.25, 0.3) is 0 Å². The molecule has 0 aliphatic carbocycles. The Bertz CT molecular complexity index is 460. The molecule has 1 aromatic heterocycles. The van der Waals surface area contributed by atoms with Crippen molar-refractivity contribution >= 4 is 35.0 Å². The van der Waals surface area contributed by atoms with Crippen molar-refractivity contribution in [1.29, 1.82) is 0 Å². The Morgan fingerprint density at radius 3 is 2.70 bits per heavy atom. The summed E-state index contributed by atoms with van der Waals surface area (Å²) in [5.41, 5.74) is 0.960. The number of aromatic nitrogens is 1. The molecule has 0 aromatic carbocycles. The Morgan fingerprint density at radius 1 is 1.50 bits per heavy atom. The highest BCUT2D eigenvalue weighted by Crippen LogP contribution is 2.15. The average Bonchev–Trinajstić information content (AvgIpc) is 2.73. The van der Waals surface area contributed by atoms with E-state index >= 15 is 0 Å². The molecule has 0 saturated heterocycles. The van der Waals surface area contributed by atoms with Gasteiger partial charge >= 0.3 is 5.97 Å². The van der Waals surface area contributed by atoms with E-state index < -0.39 is 12.0 Å². The SMILES string of the molecule is Cc1nc(CSCC(=O)NC(CC(C)C)C(=O)O)cs1. The minimum absolute atomic E-state index is 0.224. The number of amides is 1. The van der Waals surface area contributed by atoms with Gasteiger partial charge in [0.15, 0.2) is 0 Å². The molecule has 1 amide bonds. The second-order valence-electron chi connectivity index (χ2n) is 4.94. The summed E-state index contributed by atoms with van der Waals surface area (Å²) in [6.07, 6.45) is 0.441. The Labute approximate surface area is 127 Å². The number of carbonyl (C=O) groups is 2. The maximum absolute atomic E-state index is 11.7. The minimum atomic E-state index is -0.979. The number of nitrogens with zero attached hydrogens (tertiary/aromatic N) is 1. The molecule has 1 aromatic rings. The summed E-state index contributed by atoms with van der Waals surface area (Å²) in [7, 11) is 0. The van der Waals surface area contributed by atoms with Gasteiger partial charge in [-0.05, 0) is 19.3 Å². The molecule has 1 atom stereocenters. The topological polar surface area (TPSA) is 79.3 Å². The normalized spacial score (nSPS) is 12.4. The van der Waals surface area contributed by atoms with Gasteiger partial charge in [0, 0.05) is 11.1 Å². The fourth-order valence-corrected chi connectivity index (χ4v) is 3.10. The fraction of sp³-hybridized carbons (Fsp3) is 0.615. The average molecular weight is 316 g/mol. The van der Waals surface area contributed by atoms with Crippen LogP contribution in [-0.2, 0) is 15.3 Å². The van der Waals surface area contributed by atoms with Gasteiger partial charge in [-0.15, -0.1) is 23.1 Å². The Hall–Kier alpha value is -1.08. The van der Waals surface area contributed by atoms with Gasteiger partial charge in [0.1, 0.15) is 6.04 Å². The summed E-state index contributed by atoms with van der Waals surface area (Å²) in [5, 5.41) is 14.6. The first-order chi connectivity index (χ1) is 9.38. The number of hydrogen-bond donors (Lipinski definition) is 2. The predicted octanol–water partition coefficient (Wildman–Crippen LogP) is 2.30. The van der Waals surface area contributed by atoms with Crippen LogP contribution in [0.5, 0.6) is 0 Å². The summed E-state index contributed by atoms with van der Waals surface area (Å²) in [4.78, 5) is 27.1. The van der Waals surface area contributed by atoms with Crippen LogP contribution in [0, 0.1) is 12.8 Å². The van der Waals surface area contributed by atoms with E-state index in [0.29, 0.717) is 12.2 Å². The van der Waals surface area contributed by atoms with Gasteiger partial charge in [0.2, 0.25) is 5.91 Å². The van der Waals surface area contributed by atoms with E-state index in [0.717, 1.165) is 10.7 Å². The standard InChI is InChI=1S/C13H20N2O3S2/c1-8(2)4-11(13(17)18)15-12(16)7-19-5-10-6-20-9(3)14-10/h6,8,11H,4-5,7H2,1-3H3,(H,15,16)(H,17,18). The summed E-state index contributed by atoms with van der Waals surface area (Å²) in [5.74, 6) is -0.0813. The third-order valence-electron chi connectivity index (χ3n) is 2.49. The van der Waals surface area contributed by atoms with Crippen LogP contribution in [0.1, 0.15) is 31.0 Å². The van der Waals surface area contributed by atoms with Gasteiger partial charge in [-0.3, -0.25) is 4.79 Å². The molecule has 0 aliphatic heterocycles. The lowest BCUT2D eigenvalue weighted by molar-refractivity contribution is -0.141. The molecular formula is C13H20N2O3S2. The molecule has 1 unspecified atom stereocenters. The number of aliphatic carboxylic acids is 1. The Balaban J connectivity index is 2.32. The maximum Gasteiger partial charge on any atom is 0.326 e. The van der Waals surface area contributed by atoms with E-state index in [1.54, 1.807) is 11.3 Å². The van der Waals surface area contributed by atoms with Gasteiger partial charge in [-0.2, -0.15) is 0 Å². The number of rotatable bonds is 8. The number of aryl methyl sites for hydroxylation is 1. The number of thioether (sulfide) groups is 1. The molecular weight excluding hydrogens is 296 g/mol. The van der Waals surface area contributed by atoms with Crippen LogP contribution >= 0.6 is 23.1 Å². The number of hydrogen-bond acceptors (Lipinski definition) is 5. The zero-order chi connectivity index (χ0) is 15.1. The van der Waals surface area contributed by atoms with Crippen molar-refractivity contribution in [1.82, 2.24) is 10.3 Å². The van der Waals surface area contributed by atoms with E-state index in [4.69, 9.17) is 5.11 Å². The number of thiazole rings is 1. The van der Waals surface area contributed by atoms with Crippen molar-refractivity contribution < 1.29 is 14.7 Å². The number of nitrogens with one attached hydrogen (secondary N) is 1. The zero-order valence-corrected chi connectivity index (χ0v) is 13.5. The van der Waals surface area contributed by atoms with Crippen molar-refractivity contribution in [2.24, 2.45) is 5.92 Å². The molecule has 0 aliphatic rings. The van der Waals surface area contributed by atoms with Gasteiger partial charge in [0.05, 0.1) is 16.5 Å². The van der Waals surface area contributed by atoms with Crippen LogP contribution in [-0.4, -0.2) is 33.8 Å². The molecule has 5 nitrogen and oxygen atoms in total. The van der Waals surface area contributed by atoms with Gasteiger partial charge in [0.25, 0.3) is 0 Å². The van der Waals surface area contributed by atoms with Crippen molar-refractivity contribution in [3.63, 3.8) is 0 Å². The second-order valence-corrected chi connectivity index (χ2v) is 6.99. The van der Waals surface area contributed by atoms with Gasteiger partial charge < -0.3 is 10.4 Å². The highest BCUT2D eigenvalue weighted by atomic mass is 32.2. The van der Waals surface area contributed by atoms with Crippen LogP contribution in [0.4, 0.5) is 0 Å². The van der Waals surface area contributed by atoms with E-state index in [9.17, 15) is 9.59 Å². The highest BCUT2D eigenvalue weighted by molar-refractivity contribution is 7.99. The largest absolute Gasteiger partial charge is 0.480 e. The van der Waals surface area contributed by atoms with Gasteiger partial charge in [-0.25, -0.2) is 9.78 Å². The molecule has 0 bridgehead atoms. The maximum atomic E-state index is 11.7. The van der Waals surface area contributed by atoms with E-state index in [2.05, 4.69) is 10.3 Å². The second kappa shape index (κ2) is 8.26. The third-order valence-corrected chi connectivity index (χ3v) is 4.28. The molecule has 7 heteroatoms. The molecule has 0 radical (unpaired) electrons. The quantitative estimate of drug-likeness (QED) is 0.769. The van der Waals surface area contributed by atoms with Crippen molar-refractivity contribution in [2.75, 3.05) is 5.75 Å². The van der Waals surface area contributed by atoms with Crippen molar-refractivity contribution in [3.05, 3.63) is 16.1 Å². The van der Waals surface area contributed by atoms with Gasteiger partial charge in [-0.1, -0.05) is 13.8 Å².